The highest BCUT2D eigenvalue weighted by molar-refractivity contribution is 5.73. The van der Waals surface area contributed by atoms with E-state index >= 15 is 0 Å². The Morgan fingerprint density at radius 3 is 2.38 bits per heavy atom. The predicted molar refractivity (Wildman–Crippen MR) is 57.1 cm³/mol. The Bertz CT molecular complexity index is 372. The molecule has 1 aromatic carbocycles. The first-order chi connectivity index (χ1) is 7.58. The lowest BCUT2D eigenvalue weighted by Gasteiger charge is -2.05. The number of aliphatic carboxylic acids is 1. The van der Waals surface area contributed by atoms with Gasteiger partial charge in [-0.15, -0.1) is 0 Å². The van der Waals surface area contributed by atoms with Crippen molar-refractivity contribution in [2.45, 2.75) is 12.8 Å². The summed E-state index contributed by atoms with van der Waals surface area (Å²) in [6.07, 6.45) is 0.151. The highest BCUT2D eigenvalue weighted by Crippen LogP contribution is 2.12. The zero-order valence-electron chi connectivity index (χ0n) is 8.68. The van der Waals surface area contributed by atoms with Crippen molar-refractivity contribution in [2.75, 3.05) is 6.61 Å². The number of carboxylic acid groups (broad SMARTS) is 1. The van der Waals surface area contributed by atoms with Crippen LogP contribution in [0.25, 0.3) is 0 Å². The zero-order valence-corrected chi connectivity index (χ0v) is 8.68. The van der Waals surface area contributed by atoms with Gasteiger partial charge in [-0.1, -0.05) is 12.1 Å². The molecule has 0 unspecified atom stereocenters. The fourth-order valence-corrected chi connectivity index (χ4v) is 1.15. The van der Waals surface area contributed by atoms with Crippen molar-refractivity contribution in [1.82, 2.24) is 0 Å². The minimum Gasteiger partial charge on any atom is -0.493 e. The molecule has 1 amide bonds. The number of carbonyl (C=O) groups is 2. The Balaban J connectivity index is 2.45. The van der Waals surface area contributed by atoms with Gasteiger partial charge in [0.1, 0.15) is 5.75 Å². The summed E-state index contributed by atoms with van der Waals surface area (Å²) in [5.41, 5.74) is 5.65. The number of hydrogen-bond acceptors (Lipinski definition) is 3. The van der Waals surface area contributed by atoms with Crippen molar-refractivity contribution in [3.05, 3.63) is 29.8 Å². The summed E-state index contributed by atoms with van der Waals surface area (Å²) in [7, 11) is 0. The molecule has 0 spiro atoms. The van der Waals surface area contributed by atoms with Crippen LogP contribution in [0.15, 0.2) is 24.3 Å². The molecule has 86 valence electrons. The summed E-state index contributed by atoms with van der Waals surface area (Å²) < 4.78 is 5.23. The first-order valence-electron chi connectivity index (χ1n) is 4.80. The fourth-order valence-electron chi connectivity index (χ4n) is 1.15. The molecule has 0 saturated heterocycles. The van der Waals surface area contributed by atoms with Crippen LogP contribution in [0, 0.1) is 0 Å². The monoisotopic (exact) mass is 223 g/mol. The number of amides is 1. The van der Waals surface area contributed by atoms with E-state index in [1.807, 2.05) is 0 Å². The molecule has 0 saturated carbocycles. The van der Waals surface area contributed by atoms with Crippen LogP contribution in [0.4, 0.5) is 0 Å². The molecule has 3 N–H and O–H groups in total. The number of nitrogens with two attached hydrogens (primary N) is 1. The van der Waals surface area contributed by atoms with Crippen LogP contribution in [0.2, 0.25) is 0 Å². The molecule has 0 radical (unpaired) electrons. The van der Waals surface area contributed by atoms with Crippen LogP contribution in [0.5, 0.6) is 5.75 Å². The second-order valence-corrected chi connectivity index (χ2v) is 3.28. The number of benzene rings is 1. The summed E-state index contributed by atoms with van der Waals surface area (Å²) in [6, 6.07) is 6.68. The van der Waals surface area contributed by atoms with Crippen molar-refractivity contribution >= 4 is 11.9 Å². The van der Waals surface area contributed by atoms with Gasteiger partial charge in [-0.3, -0.25) is 9.59 Å². The maximum atomic E-state index is 10.4. The van der Waals surface area contributed by atoms with E-state index in [0.29, 0.717) is 11.3 Å². The average molecular weight is 223 g/mol. The van der Waals surface area contributed by atoms with Gasteiger partial charge < -0.3 is 15.6 Å². The smallest absolute Gasteiger partial charge is 0.307 e. The fraction of sp³-hybridized carbons (Fsp3) is 0.273. The van der Waals surface area contributed by atoms with Gasteiger partial charge in [-0.25, -0.2) is 0 Å². The van der Waals surface area contributed by atoms with E-state index in [2.05, 4.69) is 0 Å². The molecule has 5 heteroatoms. The Kier molecular flexibility index (Phi) is 4.32. The number of carbonyl (C=O) groups excluding carboxylic acids is 1. The molecule has 0 atom stereocenters. The lowest BCUT2D eigenvalue weighted by molar-refractivity contribution is -0.136. The average Bonchev–Trinajstić information content (AvgIpc) is 2.19. The first kappa shape index (κ1) is 12.0. The molecule has 0 aliphatic carbocycles. The third-order valence-electron chi connectivity index (χ3n) is 1.90. The van der Waals surface area contributed by atoms with E-state index in [1.165, 1.54) is 0 Å². The summed E-state index contributed by atoms with van der Waals surface area (Å²) >= 11 is 0. The van der Waals surface area contributed by atoms with E-state index in [9.17, 15) is 9.59 Å². The summed E-state index contributed by atoms with van der Waals surface area (Å²) in [5.74, 6) is -0.694. The molecule has 0 aliphatic rings. The van der Waals surface area contributed by atoms with Gasteiger partial charge in [0.05, 0.1) is 19.4 Å². The molecule has 16 heavy (non-hydrogen) atoms. The Labute approximate surface area is 92.8 Å². The van der Waals surface area contributed by atoms with Crippen molar-refractivity contribution in [3.8, 4) is 5.75 Å². The third kappa shape index (κ3) is 4.45. The summed E-state index contributed by atoms with van der Waals surface area (Å²) in [5, 5.41) is 8.56. The first-order valence-corrected chi connectivity index (χ1v) is 4.80. The van der Waals surface area contributed by atoms with E-state index in [1.54, 1.807) is 24.3 Å². The van der Waals surface area contributed by atoms with Gasteiger partial charge in [0, 0.05) is 0 Å². The van der Waals surface area contributed by atoms with Gasteiger partial charge in [0.25, 0.3) is 0 Å². The lowest BCUT2D eigenvalue weighted by Crippen LogP contribution is -2.14. The molecular weight excluding hydrogens is 210 g/mol. The van der Waals surface area contributed by atoms with Crippen LogP contribution < -0.4 is 10.5 Å². The highest BCUT2D eigenvalue weighted by Gasteiger charge is 2.01. The van der Waals surface area contributed by atoms with E-state index in [0.717, 1.165) is 0 Å². The normalized spacial score (nSPS) is 9.75. The van der Waals surface area contributed by atoms with Crippen molar-refractivity contribution in [1.29, 1.82) is 0 Å². The Hall–Kier alpha value is -2.04. The van der Waals surface area contributed by atoms with Gasteiger partial charge in [-0.05, 0) is 17.7 Å². The van der Waals surface area contributed by atoms with E-state index in [-0.39, 0.29) is 19.4 Å². The molecule has 1 aromatic rings. The number of hydrogen-bond donors (Lipinski definition) is 2. The molecule has 0 fully saturated rings. The lowest BCUT2D eigenvalue weighted by atomic mass is 10.1. The Morgan fingerprint density at radius 1 is 1.25 bits per heavy atom. The maximum absolute atomic E-state index is 10.4. The number of ether oxygens (including phenoxy) is 1. The van der Waals surface area contributed by atoms with Gasteiger partial charge in [-0.2, -0.15) is 0 Å². The Morgan fingerprint density at radius 2 is 1.88 bits per heavy atom. The van der Waals surface area contributed by atoms with Crippen LogP contribution in [0.1, 0.15) is 12.0 Å². The summed E-state index contributed by atoms with van der Waals surface area (Å²) in [4.78, 5) is 20.9. The number of carboxylic acids is 1. The molecule has 5 nitrogen and oxygen atoms in total. The SMILES string of the molecule is NC(=O)CCOc1ccc(CC(=O)O)cc1. The minimum atomic E-state index is -0.873. The van der Waals surface area contributed by atoms with Crippen LogP contribution >= 0.6 is 0 Å². The topological polar surface area (TPSA) is 89.6 Å². The molecule has 0 heterocycles. The summed E-state index contributed by atoms with van der Waals surface area (Å²) in [6.45, 7) is 0.230. The second kappa shape index (κ2) is 5.75. The predicted octanol–water partition coefficient (Wildman–Crippen LogP) is 0.568. The number of rotatable bonds is 6. The van der Waals surface area contributed by atoms with E-state index in [4.69, 9.17) is 15.6 Å². The van der Waals surface area contributed by atoms with Gasteiger partial charge in [0.15, 0.2) is 0 Å². The molecular formula is C11H13NO4. The quantitative estimate of drug-likeness (QED) is 0.737. The number of primary amides is 1. The largest absolute Gasteiger partial charge is 0.493 e. The van der Waals surface area contributed by atoms with Crippen LogP contribution in [-0.4, -0.2) is 23.6 Å². The molecule has 0 bridgehead atoms. The molecule has 0 aromatic heterocycles. The van der Waals surface area contributed by atoms with Crippen molar-refractivity contribution < 1.29 is 19.4 Å². The highest BCUT2D eigenvalue weighted by atomic mass is 16.5. The van der Waals surface area contributed by atoms with E-state index < -0.39 is 11.9 Å². The van der Waals surface area contributed by atoms with Gasteiger partial charge in [0.2, 0.25) is 5.91 Å². The van der Waals surface area contributed by atoms with Crippen molar-refractivity contribution in [2.24, 2.45) is 5.73 Å². The van der Waals surface area contributed by atoms with Crippen molar-refractivity contribution in [3.63, 3.8) is 0 Å². The minimum absolute atomic E-state index is 0.0123. The third-order valence-corrected chi connectivity index (χ3v) is 1.90. The second-order valence-electron chi connectivity index (χ2n) is 3.28. The molecule has 0 aliphatic heterocycles. The van der Waals surface area contributed by atoms with Gasteiger partial charge >= 0.3 is 5.97 Å². The standard InChI is InChI=1S/C11H13NO4/c12-10(13)5-6-16-9-3-1-8(2-4-9)7-11(14)15/h1-4H,5-7H2,(H2,12,13)(H,14,15). The molecule has 1 rings (SSSR count). The van der Waals surface area contributed by atoms with Crippen LogP contribution in [-0.2, 0) is 16.0 Å². The van der Waals surface area contributed by atoms with Crippen LogP contribution in [0.3, 0.4) is 0 Å². The zero-order chi connectivity index (χ0) is 12.0. The maximum Gasteiger partial charge on any atom is 0.307 e.